The number of carbonyl (C=O) groups excluding carboxylic acids is 2. The molecule has 11 nitrogen and oxygen atoms in total. The quantitative estimate of drug-likeness (QED) is 0.172. The first kappa shape index (κ1) is 32.1. The first-order chi connectivity index (χ1) is 20.6. The first-order valence-corrected chi connectivity index (χ1v) is 15.7. The van der Waals surface area contributed by atoms with Crippen molar-refractivity contribution in [3.63, 3.8) is 0 Å². The largest absolute Gasteiger partial charge is 0.489 e. The molecular formula is C31H39N5O6S. The molecule has 2 heterocycles. The molecule has 230 valence electrons. The summed E-state index contributed by atoms with van der Waals surface area (Å²) in [5.41, 5.74) is 5.13. The molecule has 0 saturated carbocycles. The average Bonchev–Trinajstić information content (AvgIpc) is 3.00. The number of nitrogens with zero attached hydrogens (tertiary/aromatic N) is 3. The number of carbonyl (C=O) groups is 2. The standard InChI is InChI=1S/C31H39N5O6S/c1-5-18-42-34-30(37)29(35-14-16-36(17-15-35)31(38)22(2)3)20-32-43(39,40)26-12-10-25(11-13-26)41-21-24-19-23(4)33-28-9-7-6-8-27(24)28/h5-13,19,22,29,32H,1,14-18,20-21H2,2-4H3,(H,34,37)/t29-/m0/s1. The van der Waals surface area contributed by atoms with Gasteiger partial charge in [-0.3, -0.25) is 24.3 Å². The fourth-order valence-electron chi connectivity index (χ4n) is 4.91. The van der Waals surface area contributed by atoms with Gasteiger partial charge in [0.1, 0.15) is 18.4 Å². The van der Waals surface area contributed by atoms with E-state index >= 15 is 0 Å². The zero-order valence-electron chi connectivity index (χ0n) is 24.8. The van der Waals surface area contributed by atoms with E-state index in [9.17, 15) is 18.0 Å². The van der Waals surface area contributed by atoms with Crippen molar-refractivity contribution in [2.45, 2.75) is 38.3 Å². The molecule has 4 rings (SSSR count). The maximum Gasteiger partial charge on any atom is 0.262 e. The second-order valence-electron chi connectivity index (χ2n) is 10.6. The third kappa shape index (κ3) is 8.38. The summed E-state index contributed by atoms with van der Waals surface area (Å²) in [6.45, 7) is 11.1. The van der Waals surface area contributed by atoms with Gasteiger partial charge in [-0.1, -0.05) is 38.1 Å². The number of hydrogen-bond donors (Lipinski definition) is 2. The van der Waals surface area contributed by atoms with Gasteiger partial charge in [-0.05, 0) is 43.3 Å². The third-order valence-corrected chi connectivity index (χ3v) is 8.60. The van der Waals surface area contributed by atoms with Crippen LogP contribution >= 0.6 is 0 Å². The van der Waals surface area contributed by atoms with Crippen molar-refractivity contribution in [2.24, 2.45) is 5.92 Å². The number of fused-ring (bicyclic) bond motifs is 1. The van der Waals surface area contributed by atoms with Crippen LogP contribution in [0.4, 0.5) is 0 Å². The third-order valence-electron chi connectivity index (χ3n) is 7.16. The normalized spacial score (nSPS) is 14.9. The van der Waals surface area contributed by atoms with E-state index in [-0.39, 0.29) is 29.9 Å². The number of piperazine rings is 1. The SMILES string of the molecule is C=CCONC(=O)[C@H](CNS(=O)(=O)c1ccc(OCc2cc(C)nc3ccccc23)cc1)N1CCN(C(=O)C(C)C)CC1. The molecule has 2 aromatic carbocycles. The summed E-state index contributed by atoms with van der Waals surface area (Å²) in [4.78, 5) is 38.7. The van der Waals surface area contributed by atoms with Crippen molar-refractivity contribution in [3.8, 4) is 5.75 Å². The topological polar surface area (TPSA) is 130 Å². The van der Waals surface area contributed by atoms with E-state index < -0.39 is 22.0 Å². The number of aromatic nitrogens is 1. The second kappa shape index (κ2) is 14.6. The Labute approximate surface area is 252 Å². The van der Waals surface area contributed by atoms with Crippen molar-refractivity contribution >= 4 is 32.7 Å². The Bertz CT molecular complexity index is 1540. The summed E-state index contributed by atoms with van der Waals surface area (Å²) >= 11 is 0. The van der Waals surface area contributed by atoms with E-state index in [4.69, 9.17) is 9.57 Å². The number of ether oxygens (including phenoxy) is 1. The number of aryl methyl sites for hydroxylation is 1. The zero-order chi connectivity index (χ0) is 31.0. The molecule has 12 heteroatoms. The van der Waals surface area contributed by atoms with Crippen LogP contribution in [0.25, 0.3) is 10.9 Å². The highest BCUT2D eigenvalue weighted by molar-refractivity contribution is 7.89. The molecular weight excluding hydrogens is 570 g/mol. The van der Waals surface area contributed by atoms with Crippen LogP contribution in [-0.2, 0) is 31.1 Å². The predicted octanol–water partition coefficient (Wildman–Crippen LogP) is 2.80. The summed E-state index contributed by atoms with van der Waals surface area (Å²) in [5.74, 6) is -0.0488. The van der Waals surface area contributed by atoms with Gasteiger partial charge in [0.15, 0.2) is 0 Å². The van der Waals surface area contributed by atoms with Crippen LogP contribution in [0.15, 0.2) is 72.1 Å². The minimum Gasteiger partial charge on any atom is -0.489 e. The van der Waals surface area contributed by atoms with Gasteiger partial charge in [0, 0.05) is 55.3 Å². The van der Waals surface area contributed by atoms with Gasteiger partial charge in [0.2, 0.25) is 15.9 Å². The first-order valence-electron chi connectivity index (χ1n) is 14.2. The molecule has 43 heavy (non-hydrogen) atoms. The van der Waals surface area contributed by atoms with Crippen LogP contribution in [0.2, 0.25) is 0 Å². The Kier molecular flexibility index (Phi) is 10.9. The highest BCUT2D eigenvalue weighted by Crippen LogP contribution is 2.22. The number of hydroxylamine groups is 1. The Morgan fingerprint density at radius 3 is 2.44 bits per heavy atom. The summed E-state index contributed by atoms with van der Waals surface area (Å²) in [6.07, 6.45) is 1.49. The molecule has 1 aliphatic rings. The average molecular weight is 610 g/mol. The minimum absolute atomic E-state index is 0.0412. The molecule has 1 aliphatic heterocycles. The molecule has 2 N–H and O–H groups in total. The number of nitrogens with one attached hydrogen (secondary N) is 2. The Balaban J connectivity index is 1.40. The van der Waals surface area contributed by atoms with E-state index in [2.05, 4.69) is 21.8 Å². The van der Waals surface area contributed by atoms with Crippen molar-refractivity contribution in [2.75, 3.05) is 39.3 Å². The molecule has 1 atom stereocenters. The fourth-order valence-corrected chi connectivity index (χ4v) is 5.95. The summed E-state index contributed by atoms with van der Waals surface area (Å²) < 4.78 is 34.9. The minimum atomic E-state index is -3.95. The van der Waals surface area contributed by atoms with E-state index in [1.165, 1.54) is 18.2 Å². The van der Waals surface area contributed by atoms with Gasteiger partial charge in [-0.2, -0.15) is 0 Å². The van der Waals surface area contributed by atoms with Crippen LogP contribution in [0.5, 0.6) is 5.75 Å². The molecule has 1 fully saturated rings. The van der Waals surface area contributed by atoms with E-state index in [1.54, 1.807) is 17.0 Å². The van der Waals surface area contributed by atoms with E-state index in [0.717, 1.165) is 22.2 Å². The lowest BCUT2D eigenvalue weighted by Crippen LogP contribution is -2.59. The summed E-state index contributed by atoms with van der Waals surface area (Å²) in [6, 6.07) is 15.1. The van der Waals surface area contributed by atoms with Crippen LogP contribution in [0.1, 0.15) is 25.1 Å². The van der Waals surface area contributed by atoms with Crippen LogP contribution < -0.4 is 14.9 Å². The van der Waals surface area contributed by atoms with Crippen molar-refractivity contribution in [3.05, 3.63) is 78.5 Å². The number of amides is 2. The van der Waals surface area contributed by atoms with Gasteiger partial charge in [0.25, 0.3) is 5.91 Å². The van der Waals surface area contributed by atoms with Gasteiger partial charge in [0.05, 0.1) is 17.0 Å². The molecule has 1 saturated heterocycles. The Hall–Kier alpha value is -3.84. The predicted molar refractivity (Wildman–Crippen MR) is 164 cm³/mol. The number of benzene rings is 2. The van der Waals surface area contributed by atoms with Crippen molar-refractivity contribution in [1.82, 2.24) is 25.0 Å². The van der Waals surface area contributed by atoms with Crippen molar-refractivity contribution in [1.29, 1.82) is 0 Å². The number of para-hydroxylation sites is 1. The van der Waals surface area contributed by atoms with E-state index in [0.29, 0.717) is 38.5 Å². The highest BCUT2D eigenvalue weighted by Gasteiger charge is 2.32. The molecule has 3 aromatic rings. The monoisotopic (exact) mass is 609 g/mol. The number of pyridine rings is 1. The molecule has 0 radical (unpaired) electrons. The Morgan fingerprint density at radius 1 is 1.07 bits per heavy atom. The zero-order valence-corrected chi connectivity index (χ0v) is 25.6. The van der Waals surface area contributed by atoms with Crippen LogP contribution in [0.3, 0.4) is 0 Å². The maximum atomic E-state index is 13.2. The van der Waals surface area contributed by atoms with Crippen LogP contribution in [0, 0.1) is 12.8 Å². The highest BCUT2D eigenvalue weighted by atomic mass is 32.2. The van der Waals surface area contributed by atoms with Gasteiger partial charge >= 0.3 is 0 Å². The van der Waals surface area contributed by atoms with E-state index in [1.807, 2.05) is 56.0 Å². The summed E-state index contributed by atoms with van der Waals surface area (Å²) in [7, 11) is -3.95. The molecule has 2 amide bonds. The molecule has 1 aromatic heterocycles. The van der Waals surface area contributed by atoms with Crippen LogP contribution in [-0.4, -0.2) is 80.4 Å². The summed E-state index contributed by atoms with van der Waals surface area (Å²) in [5, 5.41) is 0.998. The lowest BCUT2D eigenvalue weighted by molar-refractivity contribution is -0.141. The van der Waals surface area contributed by atoms with Gasteiger partial charge in [-0.25, -0.2) is 18.6 Å². The molecule has 0 aliphatic carbocycles. The Morgan fingerprint density at radius 2 is 1.77 bits per heavy atom. The van der Waals surface area contributed by atoms with Gasteiger partial charge < -0.3 is 9.64 Å². The smallest absolute Gasteiger partial charge is 0.262 e. The second-order valence-corrected chi connectivity index (χ2v) is 12.4. The van der Waals surface area contributed by atoms with Gasteiger partial charge in [-0.15, -0.1) is 6.58 Å². The lowest BCUT2D eigenvalue weighted by atomic mass is 10.1. The molecule has 0 unspecified atom stereocenters. The number of sulfonamides is 1. The van der Waals surface area contributed by atoms with Crippen molar-refractivity contribution < 1.29 is 27.6 Å². The fraction of sp³-hybridized carbons (Fsp3) is 0.387. The number of rotatable bonds is 13. The number of hydrogen-bond acceptors (Lipinski definition) is 8. The maximum absolute atomic E-state index is 13.2. The lowest BCUT2D eigenvalue weighted by Gasteiger charge is -2.39. The molecule has 0 spiro atoms. The molecule has 0 bridgehead atoms.